The first-order valence-electron chi connectivity index (χ1n) is 5.21. The number of nitrogens with zero attached hydrogens (tertiary/aromatic N) is 2. The maximum atomic E-state index is 11.5. The van der Waals surface area contributed by atoms with Gasteiger partial charge in [0, 0.05) is 12.4 Å². The Morgan fingerprint density at radius 1 is 1.44 bits per heavy atom. The molecule has 0 aliphatic rings. The van der Waals surface area contributed by atoms with Crippen molar-refractivity contribution in [1.82, 2.24) is 15.1 Å². The molecule has 0 bridgehead atoms. The summed E-state index contributed by atoms with van der Waals surface area (Å²) in [6.07, 6.45) is 3.26. The third-order valence-electron chi connectivity index (χ3n) is 2.20. The van der Waals surface area contributed by atoms with Gasteiger partial charge in [-0.15, -0.1) is 0 Å². The summed E-state index contributed by atoms with van der Waals surface area (Å²) in [5.41, 5.74) is 0. The molecule has 94 valence electrons. The van der Waals surface area contributed by atoms with Gasteiger partial charge in [0.2, 0.25) is 11.7 Å². The molecule has 2 heterocycles. The van der Waals surface area contributed by atoms with Crippen molar-refractivity contribution in [1.29, 1.82) is 0 Å². The van der Waals surface area contributed by atoms with Crippen molar-refractivity contribution in [3.05, 3.63) is 42.1 Å². The number of amides is 1. The van der Waals surface area contributed by atoms with E-state index >= 15 is 0 Å². The number of aromatic nitrogens is 2. The van der Waals surface area contributed by atoms with Crippen LogP contribution < -0.4 is 5.32 Å². The molecule has 2 aromatic heterocycles. The molecule has 0 radical (unpaired) electrons. The van der Waals surface area contributed by atoms with Crippen LogP contribution in [0.25, 0.3) is 0 Å². The number of carbonyl (C=O) groups excluding carboxylic acids is 1. The molecule has 0 unspecified atom stereocenters. The second-order valence-electron chi connectivity index (χ2n) is 3.55. The minimum absolute atomic E-state index is 0.111. The Kier molecular flexibility index (Phi) is 3.42. The lowest BCUT2D eigenvalue weighted by Crippen LogP contribution is -2.27. The largest absolute Gasteiger partial charge is 0.475 e. The van der Waals surface area contributed by atoms with Gasteiger partial charge in [-0.2, -0.15) is 5.10 Å². The second kappa shape index (κ2) is 5.17. The molecular formula is C11H11N3O4. The van der Waals surface area contributed by atoms with Crippen LogP contribution in [0.5, 0.6) is 0 Å². The van der Waals surface area contributed by atoms with Crippen LogP contribution in [0.4, 0.5) is 0 Å². The Labute approximate surface area is 102 Å². The van der Waals surface area contributed by atoms with Crippen LogP contribution in [0.15, 0.2) is 35.0 Å². The van der Waals surface area contributed by atoms with Crippen LogP contribution in [0.3, 0.4) is 0 Å². The molecule has 0 saturated heterocycles. The fraction of sp³-hybridized carbons (Fsp3) is 0.182. The summed E-state index contributed by atoms with van der Waals surface area (Å²) < 4.78 is 6.48. The summed E-state index contributed by atoms with van der Waals surface area (Å²) in [7, 11) is 0. The van der Waals surface area contributed by atoms with Crippen molar-refractivity contribution in [2.24, 2.45) is 0 Å². The predicted octanol–water partition coefficient (Wildman–Crippen LogP) is 0.491. The van der Waals surface area contributed by atoms with Crippen LogP contribution in [0.2, 0.25) is 0 Å². The quantitative estimate of drug-likeness (QED) is 0.803. The topological polar surface area (TPSA) is 97.4 Å². The van der Waals surface area contributed by atoms with E-state index in [-0.39, 0.29) is 24.8 Å². The zero-order valence-electron chi connectivity index (χ0n) is 9.37. The smallest absolute Gasteiger partial charge is 0.371 e. The maximum absolute atomic E-state index is 11.5. The molecule has 2 N–H and O–H groups in total. The van der Waals surface area contributed by atoms with E-state index in [1.54, 1.807) is 18.5 Å². The molecule has 1 amide bonds. The van der Waals surface area contributed by atoms with Gasteiger partial charge in [0.25, 0.3) is 0 Å². The molecule has 0 aliphatic heterocycles. The minimum atomic E-state index is -1.14. The summed E-state index contributed by atoms with van der Waals surface area (Å²) in [5.74, 6) is -1.12. The lowest BCUT2D eigenvalue weighted by Gasteiger charge is -2.03. The molecule has 0 aromatic carbocycles. The van der Waals surface area contributed by atoms with Gasteiger partial charge in [0.05, 0.1) is 6.54 Å². The Bertz CT molecular complexity index is 544. The highest BCUT2D eigenvalue weighted by Crippen LogP contribution is 2.07. The highest BCUT2D eigenvalue weighted by molar-refractivity contribution is 5.84. The van der Waals surface area contributed by atoms with E-state index in [4.69, 9.17) is 9.52 Å². The Morgan fingerprint density at radius 2 is 2.28 bits per heavy atom. The van der Waals surface area contributed by atoms with Crippen LogP contribution in [-0.4, -0.2) is 26.8 Å². The lowest BCUT2D eigenvalue weighted by atomic mass is 10.4. The number of hydrogen-bond donors (Lipinski definition) is 2. The highest BCUT2D eigenvalue weighted by atomic mass is 16.4. The second-order valence-corrected chi connectivity index (χ2v) is 3.55. The van der Waals surface area contributed by atoms with E-state index in [1.165, 1.54) is 16.8 Å². The van der Waals surface area contributed by atoms with Gasteiger partial charge in [-0.3, -0.25) is 9.48 Å². The third-order valence-corrected chi connectivity index (χ3v) is 2.20. The van der Waals surface area contributed by atoms with E-state index < -0.39 is 5.97 Å². The Hall–Kier alpha value is -2.57. The number of rotatable bonds is 5. The van der Waals surface area contributed by atoms with Crippen molar-refractivity contribution in [3.63, 3.8) is 0 Å². The molecule has 7 nitrogen and oxygen atoms in total. The SMILES string of the molecule is O=C(Cn1cccn1)NCc1ccc(C(=O)O)o1. The molecule has 7 heteroatoms. The van der Waals surface area contributed by atoms with Crippen molar-refractivity contribution in [3.8, 4) is 0 Å². The minimum Gasteiger partial charge on any atom is -0.475 e. The number of nitrogens with one attached hydrogen (secondary N) is 1. The zero-order valence-corrected chi connectivity index (χ0v) is 9.37. The molecule has 2 aromatic rings. The van der Waals surface area contributed by atoms with Crippen molar-refractivity contribution < 1.29 is 19.1 Å². The van der Waals surface area contributed by atoms with Gasteiger partial charge in [-0.25, -0.2) is 4.79 Å². The first-order chi connectivity index (χ1) is 8.65. The summed E-state index contributed by atoms with van der Waals surface area (Å²) in [6, 6.07) is 4.58. The summed E-state index contributed by atoms with van der Waals surface area (Å²) in [4.78, 5) is 22.1. The average Bonchev–Trinajstić information content (AvgIpc) is 2.96. The first kappa shape index (κ1) is 11.9. The Balaban J connectivity index is 1.83. The molecule has 0 atom stereocenters. The average molecular weight is 249 g/mol. The Morgan fingerprint density at radius 3 is 2.89 bits per heavy atom. The summed E-state index contributed by atoms with van der Waals surface area (Å²) in [5, 5.41) is 15.2. The van der Waals surface area contributed by atoms with Crippen LogP contribution >= 0.6 is 0 Å². The molecule has 2 rings (SSSR count). The normalized spacial score (nSPS) is 10.2. The number of aromatic carboxylic acids is 1. The molecule has 0 saturated carbocycles. The molecule has 0 spiro atoms. The van der Waals surface area contributed by atoms with E-state index in [9.17, 15) is 9.59 Å². The predicted molar refractivity (Wildman–Crippen MR) is 59.7 cm³/mol. The number of furan rings is 1. The zero-order chi connectivity index (χ0) is 13.0. The van der Waals surface area contributed by atoms with Crippen molar-refractivity contribution >= 4 is 11.9 Å². The molecular weight excluding hydrogens is 238 g/mol. The third kappa shape index (κ3) is 2.97. The van der Waals surface area contributed by atoms with E-state index in [0.29, 0.717) is 5.76 Å². The fourth-order valence-electron chi connectivity index (χ4n) is 1.37. The van der Waals surface area contributed by atoms with Crippen LogP contribution in [0.1, 0.15) is 16.3 Å². The van der Waals surface area contributed by atoms with Crippen molar-refractivity contribution in [2.45, 2.75) is 13.1 Å². The summed E-state index contributed by atoms with van der Waals surface area (Å²) in [6.45, 7) is 0.257. The van der Waals surface area contributed by atoms with Gasteiger partial charge >= 0.3 is 5.97 Å². The monoisotopic (exact) mass is 249 g/mol. The van der Waals surface area contributed by atoms with Gasteiger partial charge in [0.15, 0.2) is 0 Å². The number of hydrogen-bond acceptors (Lipinski definition) is 4. The first-order valence-corrected chi connectivity index (χ1v) is 5.21. The molecule has 0 aliphatic carbocycles. The van der Waals surface area contributed by atoms with Crippen LogP contribution in [0, 0.1) is 0 Å². The molecule has 0 fully saturated rings. The summed E-state index contributed by atoms with van der Waals surface area (Å²) >= 11 is 0. The van der Waals surface area contributed by atoms with Crippen LogP contribution in [-0.2, 0) is 17.9 Å². The van der Waals surface area contributed by atoms with Gasteiger partial charge in [-0.1, -0.05) is 0 Å². The fourth-order valence-corrected chi connectivity index (χ4v) is 1.37. The van der Waals surface area contributed by atoms with E-state index in [0.717, 1.165) is 0 Å². The number of carboxylic acid groups (broad SMARTS) is 1. The number of carbonyl (C=O) groups is 2. The highest BCUT2D eigenvalue weighted by Gasteiger charge is 2.09. The molecule has 18 heavy (non-hydrogen) atoms. The van der Waals surface area contributed by atoms with Gasteiger partial charge in [-0.05, 0) is 18.2 Å². The lowest BCUT2D eigenvalue weighted by molar-refractivity contribution is -0.122. The van der Waals surface area contributed by atoms with E-state index in [1.807, 2.05) is 0 Å². The van der Waals surface area contributed by atoms with Gasteiger partial charge < -0.3 is 14.8 Å². The van der Waals surface area contributed by atoms with Crippen molar-refractivity contribution in [2.75, 3.05) is 0 Å². The maximum Gasteiger partial charge on any atom is 0.371 e. The standard InChI is InChI=1S/C11H11N3O4/c15-10(7-14-5-1-4-13-14)12-6-8-2-3-9(18-8)11(16)17/h1-5H,6-7H2,(H,12,15)(H,16,17). The number of carboxylic acids is 1. The van der Waals surface area contributed by atoms with Gasteiger partial charge in [0.1, 0.15) is 12.3 Å². The van der Waals surface area contributed by atoms with E-state index in [2.05, 4.69) is 10.4 Å².